The third-order valence-electron chi connectivity index (χ3n) is 2.19. The molecule has 1 rings (SSSR count). The van der Waals surface area contributed by atoms with Crippen LogP contribution in [-0.2, 0) is 10.0 Å². The molecule has 0 saturated carbocycles. The summed E-state index contributed by atoms with van der Waals surface area (Å²) in [5.74, 6) is -1.24. The van der Waals surface area contributed by atoms with Crippen LogP contribution in [0.5, 0.6) is 0 Å². The maximum atomic E-state index is 11.6. The van der Waals surface area contributed by atoms with Gasteiger partial charge >= 0.3 is 5.97 Å². The first-order chi connectivity index (χ1) is 7.79. The lowest BCUT2D eigenvalue weighted by Crippen LogP contribution is -2.24. The van der Waals surface area contributed by atoms with Crippen LogP contribution >= 0.6 is 0 Å². The molecule has 92 valence electrons. The number of nitrogens with zero attached hydrogens (tertiary/aromatic N) is 1. The number of carboxylic acid groups (broad SMARTS) is 1. The fourth-order valence-corrected chi connectivity index (χ4v) is 1.98. The number of nitriles is 1. The fourth-order valence-electron chi connectivity index (χ4n) is 1.19. The standard InChI is InChI=1S/C9H11N3O4S/c1-5(3-10)17(15,16)12-7-4-11-6(2)8(7)9(13)14/h4-5,11-12H,1-2H3,(H,13,14). The molecule has 1 atom stereocenters. The average Bonchev–Trinajstić information content (AvgIpc) is 2.57. The normalized spacial score (nSPS) is 12.8. The molecule has 0 aliphatic rings. The second-order valence-electron chi connectivity index (χ2n) is 3.43. The molecule has 1 heterocycles. The van der Waals surface area contributed by atoms with E-state index in [0.717, 1.165) is 0 Å². The third-order valence-corrected chi connectivity index (χ3v) is 3.73. The Morgan fingerprint density at radius 1 is 1.65 bits per heavy atom. The number of H-pyrrole nitrogens is 1. The van der Waals surface area contributed by atoms with Gasteiger partial charge in [-0.1, -0.05) is 0 Å². The van der Waals surface area contributed by atoms with Gasteiger partial charge in [0.15, 0.2) is 5.25 Å². The largest absolute Gasteiger partial charge is 0.478 e. The van der Waals surface area contributed by atoms with E-state index in [9.17, 15) is 13.2 Å². The van der Waals surface area contributed by atoms with Crippen molar-refractivity contribution in [3.8, 4) is 6.07 Å². The summed E-state index contributed by atoms with van der Waals surface area (Å²) in [6, 6.07) is 1.57. The molecule has 0 amide bonds. The third kappa shape index (κ3) is 2.57. The number of aromatic nitrogens is 1. The number of hydrogen-bond acceptors (Lipinski definition) is 4. The predicted molar refractivity (Wildman–Crippen MR) is 60.1 cm³/mol. The average molecular weight is 257 g/mol. The van der Waals surface area contributed by atoms with Crippen LogP contribution in [0, 0.1) is 18.3 Å². The van der Waals surface area contributed by atoms with Gasteiger partial charge in [0.2, 0.25) is 10.0 Å². The Morgan fingerprint density at radius 2 is 2.24 bits per heavy atom. The van der Waals surface area contributed by atoms with E-state index in [-0.39, 0.29) is 11.3 Å². The van der Waals surface area contributed by atoms with Crippen molar-refractivity contribution < 1.29 is 18.3 Å². The van der Waals surface area contributed by atoms with Gasteiger partial charge in [0, 0.05) is 11.9 Å². The van der Waals surface area contributed by atoms with Crippen LogP contribution in [0.2, 0.25) is 0 Å². The van der Waals surface area contributed by atoms with Crippen LogP contribution in [0.25, 0.3) is 0 Å². The Morgan fingerprint density at radius 3 is 2.71 bits per heavy atom. The van der Waals surface area contributed by atoms with Crippen molar-refractivity contribution in [1.29, 1.82) is 5.26 Å². The number of aromatic carboxylic acids is 1. The van der Waals surface area contributed by atoms with E-state index in [2.05, 4.69) is 9.71 Å². The predicted octanol–water partition coefficient (Wildman–Crippen LogP) is 0.675. The molecule has 0 saturated heterocycles. The summed E-state index contributed by atoms with van der Waals surface area (Å²) in [5.41, 5.74) is 0.107. The van der Waals surface area contributed by atoms with E-state index >= 15 is 0 Å². The highest BCUT2D eigenvalue weighted by molar-refractivity contribution is 7.93. The van der Waals surface area contributed by atoms with Gasteiger partial charge in [0.25, 0.3) is 0 Å². The van der Waals surface area contributed by atoms with Gasteiger partial charge in [0.1, 0.15) is 5.56 Å². The van der Waals surface area contributed by atoms with Crippen molar-refractivity contribution in [1.82, 2.24) is 4.98 Å². The molecule has 0 aliphatic heterocycles. The molecule has 0 aromatic carbocycles. The maximum Gasteiger partial charge on any atom is 0.339 e. The van der Waals surface area contributed by atoms with Gasteiger partial charge in [-0.25, -0.2) is 13.2 Å². The molecule has 0 fully saturated rings. The lowest BCUT2D eigenvalue weighted by molar-refractivity contribution is 0.0697. The number of aryl methyl sites for hydroxylation is 1. The number of carboxylic acids is 1. The molecule has 1 unspecified atom stereocenters. The Balaban J connectivity index is 3.14. The molecule has 0 spiro atoms. The quantitative estimate of drug-likeness (QED) is 0.731. The minimum atomic E-state index is -3.90. The first kappa shape index (κ1) is 13.1. The smallest absolute Gasteiger partial charge is 0.339 e. The van der Waals surface area contributed by atoms with E-state index in [1.54, 1.807) is 6.07 Å². The van der Waals surface area contributed by atoms with Gasteiger partial charge in [0.05, 0.1) is 11.8 Å². The number of nitrogens with one attached hydrogen (secondary N) is 2. The van der Waals surface area contributed by atoms with E-state index in [0.29, 0.717) is 5.69 Å². The topological polar surface area (TPSA) is 123 Å². The van der Waals surface area contributed by atoms with Crippen molar-refractivity contribution >= 4 is 21.7 Å². The van der Waals surface area contributed by atoms with E-state index in [1.165, 1.54) is 20.0 Å². The number of rotatable bonds is 4. The second-order valence-corrected chi connectivity index (χ2v) is 5.43. The monoisotopic (exact) mass is 257 g/mol. The molecule has 0 radical (unpaired) electrons. The van der Waals surface area contributed by atoms with Crippen molar-refractivity contribution in [2.75, 3.05) is 4.72 Å². The number of carbonyl (C=O) groups is 1. The summed E-state index contributed by atoms with van der Waals surface area (Å²) in [6.45, 7) is 2.72. The Kier molecular flexibility index (Phi) is 3.43. The lowest BCUT2D eigenvalue weighted by Gasteiger charge is -2.08. The summed E-state index contributed by atoms with van der Waals surface area (Å²) in [5, 5.41) is 16.2. The molecule has 0 bridgehead atoms. The Hall–Kier alpha value is -2.01. The van der Waals surface area contributed by atoms with Gasteiger partial charge < -0.3 is 10.1 Å². The summed E-state index contributed by atoms with van der Waals surface area (Å²) >= 11 is 0. The molecule has 7 nitrogen and oxygen atoms in total. The van der Waals surface area contributed by atoms with Gasteiger partial charge in [-0.15, -0.1) is 0 Å². The minimum absolute atomic E-state index is 0.0721. The molecule has 17 heavy (non-hydrogen) atoms. The van der Waals surface area contributed by atoms with Crippen molar-refractivity contribution in [3.05, 3.63) is 17.5 Å². The highest BCUT2D eigenvalue weighted by Gasteiger charge is 2.24. The van der Waals surface area contributed by atoms with Crippen LogP contribution in [0.1, 0.15) is 23.0 Å². The zero-order chi connectivity index (χ0) is 13.2. The zero-order valence-electron chi connectivity index (χ0n) is 9.18. The maximum absolute atomic E-state index is 11.6. The molecule has 0 aliphatic carbocycles. The zero-order valence-corrected chi connectivity index (χ0v) is 10.00. The second kappa shape index (κ2) is 4.47. The molecular weight excluding hydrogens is 246 g/mol. The first-order valence-corrected chi connectivity index (χ1v) is 6.16. The van der Waals surface area contributed by atoms with Gasteiger partial charge in [-0.05, 0) is 13.8 Å². The number of hydrogen-bond donors (Lipinski definition) is 3. The first-order valence-electron chi connectivity index (χ1n) is 4.62. The van der Waals surface area contributed by atoms with Crippen molar-refractivity contribution in [3.63, 3.8) is 0 Å². The van der Waals surface area contributed by atoms with E-state index < -0.39 is 21.2 Å². The Labute approximate surface area is 98.1 Å². The number of aromatic amines is 1. The highest BCUT2D eigenvalue weighted by Crippen LogP contribution is 2.21. The number of sulfonamides is 1. The molecular formula is C9H11N3O4S. The van der Waals surface area contributed by atoms with Crippen LogP contribution in [0.15, 0.2) is 6.20 Å². The molecule has 1 aromatic rings. The highest BCUT2D eigenvalue weighted by atomic mass is 32.2. The lowest BCUT2D eigenvalue weighted by atomic mass is 10.2. The summed E-state index contributed by atoms with van der Waals surface area (Å²) in [4.78, 5) is 13.5. The van der Waals surface area contributed by atoms with Crippen LogP contribution in [-0.4, -0.2) is 29.7 Å². The minimum Gasteiger partial charge on any atom is -0.478 e. The van der Waals surface area contributed by atoms with Crippen molar-refractivity contribution in [2.45, 2.75) is 19.1 Å². The number of anilines is 1. The SMILES string of the molecule is Cc1[nH]cc(NS(=O)(=O)C(C)C#N)c1C(=O)O. The van der Waals surface area contributed by atoms with Crippen molar-refractivity contribution in [2.24, 2.45) is 0 Å². The summed E-state index contributed by atoms with van der Waals surface area (Å²) < 4.78 is 25.2. The van der Waals surface area contributed by atoms with E-state index in [4.69, 9.17) is 10.4 Å². The van der Waals surface area contributed by atoms with E-state index in [1.807, 2.05) is 0 Å². The van der Waals surface area contributed by atoms with Crippen LogP contribution in [0.3, 0.4) is 0 Å². The van der Waals surface area contributed by atoms with Crippen LogP contribution < -0.4 is 4.72 Å². The Bertz CT molecular complexity index is 582. The fraction of sp³-hybridized carbons (Fsp3) is 0.333. The van der Waals surface area contributed by atoms with Gasteiger partial charge in [-0.3, -0.25) is 4.72 Å². The van der Waals surface area contributed by atoms with Crippen LogP contribution in [0.4, 0.5) is 5.69 Å². The molecule has 3 N–H and O–H groups in total. The summed E-state index contributed by atoms with van der Waals surface area (Å²) in [6.07, 6.45) is 1.24. The summed E-state index contributed by atoms with van der Waals surface area (Å²) in [7, 11) is -3.90. The molecule has 1 aromatic heterocycles. The molecule has 8 heteroatoms. The van der Waals surface area contributed by atoms with Gasteiger partial charge in [-0.2, -0.15) is 5.26 Å².